The Morgan fingerprint density at radius 1 is 1.15 bits per heavy atom. The number of hydrogen-bond acceptors (Lipinski definition) is 9. The van der Waals surface area contributed by atoms with Gasteiger partial charge >= 0.3 is 0 Å². The first-order valence-corrected chi connectivity index (χ1v) is 13.2. The summed E-state index contributed by atoms with van der Waals surface area (Å²) >= 11 is 0. The number of hydrogen-bond donors (Lipinski definition) is 2. The largest absolute Gasteiger partial charge is 0.493 e. The van der Waals surface area contributed by atoms with E-state index in [1.54, 1.807) is 32.7 Å². The molecule has 1 aromatic heterocycles. The van der Waals surface area contributed by atoms with Crippen molar-refractivity contribution < 1.29 is 19.1 Å². The Bertz CT molecular complexity index is 1500. The third kappa shape index (κ3) is 5.38. The lowest BCUT2D eigenvalue weighted by Crippen LogP contribution is -2.40. The highest BCUT2D eigenvalue weighted by Gasteiger charge is 2.39. The van der Waals surface area contributed by atoms with Crippen LogP contribution >= 0.6 is 0 Å². The summed E-state index contributed by atoms with van der Waals surface area (Å²) in [5, 5.41) is 5.94. The first-order valence-electron chi connectivity index (χ1n) is 13.2. The topological polar surface area (TPSA) is 146 Å². The van der Waals surface area contributed by atoms with E-state index in [-0.39, 0.29) is 23.6 Å². The number of hydrazone groups is 1. The van der Waals surface area contributed by atoms with Crippen LogP contribution in [0.15, 0.2) is 53.8 Å². The number of methoxy groups -OCH3 is 2. The van der Waals surface area contributed by atoms with E-state index in [1.165, 1.54) is 11.1 Å². The van der Waals surface area contributed by atoms with Gasteiger partial charge in [-0.2, -0.15) is 10.1 Å². The van der Waals surface area contributed by atoms with Crippen molar-refractivity contribution in [3.05, 3.63) is 76.5 Å². The Labute approximate surface area is 232 Å². The SMILES string of the molecule is COc1cc(Cc2cnc(N)nc2N)cc(C=CC(=O)N2N=Cc3ccccc3C2C2CCCCC2=O)c1OC. The molecule has 0 spiro atoms. The molecule has 206 valence electrons. The van der Waals surface area contributed by atoms with Crippen LogP contribution in [-0.2, 0) is 16.0 Å². The molecule has 1 aliphatic heterocycles. The van der Waals surface area contributed by atoms with Crippen molar-refractivity contribution in [1.29, 1.82) is 0 Å². The molecule has 1 saturated carbocycles. The second-order valence-corrected chi connectivity index (χ2v) is 9.89. The van der Waals surface area contributed by atoms with E-state index in [4.69, 9.17) is 20.9 Å². The van der Waals surface area contributed by atoms with Gasteiger partial charge in [-0.25, -0.2) is 9.99 Å². The maximum Gasteiger partial charge on any atom is 0.267 e. The number of rotatable bonds is 7. The Morgan fingerprint density at radius 3 is 2.73 bits per heavy atom. The standard InChI is InChI=1S/C30H32N6O4/c1-39-25-15-18(14-21-16-33-30(32)35-29(21)31)13-19(28(25)40-2)11-12-26(38)36-27(23-9-5-6-10-24(23)37)22-8-4-3-7-20(22)17-34-36/h3-4,7-8,11-13,15-17,23,27H,5-6,9-10,14H2,1-2H3,(H4,31,32,33,35). The zero-order valence-corrected chi connectivity index (χ0v) is 22.5. The highest BCUT2D eigenvalue weighted by molar-refractivity contribution is 5.96. The first kappa shape index (κ1) is 26.9. The zero-order valence-electron chi connectivity index (χ0n) is 22.5. The van der Waals surface area contributed by atoms with E-state index in [1.807, 2.05) is 36.4 Å². The molecule has 40 heavy (non-hydrogen) atoms. The lowest BCUT2D eigenvalue weighted by molar-refractivity contribution is -0.134. The van der Waals surface area contributed by atoms with E-state index in [0.29, 0.717) is 41.3 Å². The predicted molar refractivity (Wildman–Crippen MR) is 153 cm³/mol. The fraction of sp³-hybridized carbons (Fsp3) is 0.300. The quantitative estimate of drug-likeness (QED) is 0.429. The van der Waals surface area contributed by atoms with Crippen molar-refractivity contribution in [2.45, 2.75) is 38.1 Å². The molecule has 4 N–H and O–H groups in total. The summed E-state index contributed by atoms with van der Waals surface area (Å²) in [6, 6.07) is 11.1. The van der Waals surface area contributed by atoms with Crippen LogP contribution in [0.3, 0.4) is 0 Å². The van der Waals surface area contributed by atoms with E-state index in [0.717, 1.165) is 36.0 Å². The molecule has 1 aliphatic carbocycles. The summed E-state index contributed by atoms with van der Waals surface area (Å²) in [5.74, 6) is 0.913. The second kappa shape index (κ2) is 11.6. The van der Waals surface area contributed by atoms with Crippen LogP contribution in [0.5, 0.6) is 11.5 Å². The number of ether oxygens (including phenoxy) is 2. The van der Waals surface area contributed by atoms with Gasteiger partial charge in [0, 0.05) is 42.2 Å². The van der Waals surface area contributed by atoms with Gasteiger partial charge in [-0.3, -0.25) is 9.59 Å². The number of carbonyl (C=O) groups is 2. The summed E-state index contributed by atoms with van der Waals surface area (Å²) in [6.45, 7) is 0. The maximum atomic E-state index is 13.6. The Kier molecular flexibility index (Phi) is 7.77. The number of nitrogens with zero attached hydrogens (tertiary/aromatic N) is 4. The number of amides is 1. The fourth-order valence-corrected chi connectivity index (χ4v) is 5.46. The Morgan fingerprint density at radius 2 is 1.98 bits per heavy atom. The number of carbonyl (C=O) groups excluding carboxylic acids is 2. The van der Waals surface area contributed by atoms with E-state index >= 15 is 0 Å². The van der Waals surface area contributed by atoms with Gasteiger partial charge in [-0.1, -0.05) is 30.7 Å². The molecule has 10 heteroatoms. The Balaban J connectivity index is 1.47. The molecule has 1 fully saturated rings. The maximum absolute atomic E-state index is 13.6. The van der Waals surface area contributed by atoms with Gasteiger partial charge in [-0.05, 0) is 47.7 Å². The third-order valence-electron chi connectivity index (χ3n) is 7.39. The molecule has 0 bridgehead atoms. The van der Waals surface area contributed by atoms with Crippen LogP contribution < -0.4 is 20.9 Å². The highest BCUT2D eigenvalue weighted by Crippen LogP contribution is 2.40. The number of ketones is 1. The summed E-state index contributed by atoms with van der Waals surface area (Å²) in [5.41, 5.74) is 15.7. The van der Waals surface area contributed by atoms with E-state index in [2.05, 4.69) is 15.1 Å². The molecule has 2 heterocycles. The first-order chi connectivity index (χ1) is 19.4. The lowest BCUT2D eigenvalue weighted by Gasteiger charge is -2.37. The number of Topliss-reactive ketones (excluding diaryl/α,β-unsaturated/α-hetero) is 1. The lowest BCUT2D eigenvalue weighted by atomic mass is 9.78. The normalized spacial score (nSPS) is 18.6. The molecule has 2 aliphatic rings. The second-order valence-electron chi connectivity index (χ2n) is 9.89. The number of nitrogen functional groups attached to an aromatic ring is 2. The van der Waals surface area contributed by atoms with Crippen LogP contribution in [0.4, 0.5) is 11.8 Å². The summed E-state index contributed by atoms with van der Waals surface area (Å²) in [4.78, 5) is 34.7. The number of aromatic nitrogens is 2. The van der Waals surface area contributed by atoms with Crippen LogP contribution in [0, 0.1) is 5.92 Å². The molecule has 1 amide bonds. The van der Waals surface area contributed by atoms with Crippen LogP contribution in [0.1, 0.15) is 59.5 Å². The zero-order chi connectivity index (χ0) is 28.2. The van der Waals surface area contributed by atoms with Gasteiger partial charge < -0.3 is 20.9 Å². The van der Waals surface area contributed by atoms with Gasteiger partial charge in [0.05, 0.1) is 26.5 Å². The van der Waals surface area contributed by atoms with Crippen molar-refractivity contribution in [1.82, 2.24) is 15.0 Å². The molecule has 2 unspecified atom stereocenters. The van der Waals surface area contributed by atoms with Crippen LogP contribution in [-0.4, -0.2) is 47.1 Å². The number of nitrogens with two attached hydrogens (primary N) is 2. The van der Waals surface area contributed by atoms with E-state index in [9.17, 15) is 9.59 Å². The molecule has 0 radical (unpaired) electrons. The smallest absolute Gasteiger partial charge is 0.267 e. The monoisotopic (exact) mass is 540 g/mol. The van der Waals surface area contributed by atoms with E-state index < -0.39 is 6.04 Å². The van der Waals surface area contributed by atoms with Crippen molar-refractivity contribution in [3.63, 3.8) is 0 Å². The number of benzene rings is 2. The van der Waals surface area contributed by atoms with Crippen molar-refractivity contribution >= 4 is 35.7 Å². The minimum atomic E-state index is -0.456. The van der Waals surface area contributed by atoms with Gasteiger partial charge in [-0.15, -0.1) is 0 Å². The fourth-order valence-electron chi connectivity index (χ4n) is 5.46. The Hall–Kier alpha value is -4.73. The molecule has 3 aromatic rings. The summed E-state index contributed by atoms with van der Waals surface area (Å²) < 4.78 is 11.2. The third-order valence-corrected chi connectivity index (χ3v) is 7.39. The average molecular weight is 541 g/mol. The van der Waals surface area contributed by atoms with Crippen molar-refractivity contribution in [3.8, 4) is 11.5 Å². The number of fused-ring (bicyclic) bond motifs is 1. The summed E-state index contributed by atoms with van der Waals surface area (Å²) in [7, 11) is 3.09. The average Bonchev–Trinajstić information content (AvgIpc) is 2.96. The molecule has 0 saturated heterocycles. The van der Waals surface area contributed by atoms with Gasteiger partial charge in [0.25, 0.3) is 5.91 Å². The van der Waals surface area contributed by atoms with Gasteiger partial charge in [0.2, 0.25) is 5.95 Å². The molecular weight excluding hydrogens is 508 g/mol. The molecule has 2 atom stereocenters. The van der Waals surface area contributed by atoms with Crippen molar-refractivity contribution in [2.24, 2.45) is 11.0 Å². The molecule has 5 rings (SSSR count). The predicted octanol–water partition coefficient (Wildman–Crippen LogP) is 3.94. The van der Waals surface area contributed by atoms with Crippen LogP contribution in [0.2, 0.25) is 0 Å². The van der Waals surface area contributed by atoms with Crippen LogP contribution in [0.25, 0.3) is 6.08 Å². The molecule has 2 aromatic carbocycles. The minimum Gasteiger partial charge on any atom is -0.493 e. The summed E-state index contributed by atoms with van der Waals surface area (Å²) in [6.07, 6.45) is 9.89. The van der Waals surface area contributed by atoms with Gasteiger partial charge in [0.1, 0.15) is 11.6 Å². The number of anilines is 2. The molecular formula is C30H32N6O4. The minimum absolute atomic E-state index is 0.104. The van der Waals surface area contributed by atoms with Crippen molar-refractivity contribution in [2.75, 3.05) is 25.7 Å². The molecule has 10 nitrogen and oxygen atoms in total. The van der Waals surface area contributed by atoms with Gasteiger partial charge in [0.15, 0.2) is 11.5 Å². The highest BCUT2D eigenvalue weighted by atomic mass is 16.5.